The van der Waals surface area contributed by atoms with E-state index in [4.69, 9.17) is 5.73 Å². The van der Waals surface area contributed by atoms with E-state index in [1.807, 2.05) is 25.3 Å². The highest BCUT2D eigenvalue weighted by molar-refractivity contribution is 5.64. The van der Waals surface area contributed by atoms with Crippen molar-refractivity contribution in [2.24, 2.45) is 5.73 Å². The summed E-state index contributed by atoms with van der Waals surface area (Å²) in [6.45, 7) is 4.65. The monoisotopic (exact) mass is 227 g/mol. The van der Waals surface area contributed by atoms with Gasteiger partial charge in [-0.1, -0.05) is 31.2 Å². The number of rotatable bonds is 3. The lowest BCUT2D eigenvalue weighted by atomic mass is 10.0. The van der Waals surface area contributed by atoms with Gasteiger partial charge in [0.25, 0.3) is 0 Å². The van der Waals surface area contributed by atoms with Gasteiger partial charge in [0.05, 0.1) is 0 Å². The normalized spacial score (nSPS) is 10.5. The SMILES string of the molecule is CCc1ncc(-c2ccc(CN)cc2)c(C)n1. The second kappa shape index (κ2) is 5.06. The van der Waals surface area contributed by atoms with Crippen molar-refractivity contribution in [3.05, 3.63) is 47.5 Å². The molecule has 2 N–H and O–H groups in total. The molecule has 17 heavy (non-hydrogen) atoms. The summed E-state index contributed by atoms with van der Waals surface area (Å²) in [5.74, 6) is 0.893. The predicted molar refractivity (Wildman–Crippen MR) is 69.5 cm³/mol. The number of aromatic nitrogens is 2. The Labute approximate surface area is 102 Å². The Balaban J connectivity index is 2.38. The van der Waals surface area contributed by atoms with Crippen molar-refractivity contribution in [1.29, 1.82) is 0 Å². The van der Waals surface area contributed by atoms with Crippen LogP contribution in [0, 0.1) is 6.92 Å². The molecule has 3 heteroatoms. The maximum Gasteiger partial charge on any atom is 0.128 e. The molecule has 1 aromatic heterocycles. The van der Waals surface area contributed by atoms with Crippen LogP contribution < -0.4 is 5.73 Å². The maximum atomic E-state index is 5.58. The molecule has 88 valence electrons. The average Bonchev–Trinajstić information content (AvgIpc) is 2.39. The summed E-state index contributed by atoms with van der Waals surface area (Å²) in [6.07, 6.45) is 2.77. The van der Waals surface area contributed by atoms with Crippen molar-refractivity contribution in [3.63, 3.8) is 0 Å². The van der Waals surface area contributed by atoms with Crippen LogP contribution >= 0.6 is 0 Å². The Bertz CT molecular complexity index is 503. The summed E-state index contributed by atoms with van der Waals surface area (Å²) in [5, 5.41) is 0. The van der Waals surface area contributed by atoms with Crippen LogP contribution in [-0.2, 0) is 13.0 Å². The third-order valence-corrected chi connectivity index (χ3v) is 2.85. The van der Waals surface area contributed by atoms with Crippen LogP contribution in [0.15, 0.2) is 30.5 Å². The van der Waals surface area contributed by atoms with E-state index in [9.17, 15) is 0 Å². The first-order valence-electron chi connectivity index (χ1n) is 5.86. The highest BCUT2D eigenvalue weighted by atomic mass is 14.9. The predicted octanol–water partition coefficient (Wildman–Crippen LogP) is 2.47. The molecule has 0 aliphatic heterocycles. The lowest BCUT2D eigenvalue weighted by Crippen LogP contribution is -1.98. The van der Waals surface area contributed by atoms with E-state index in [1.54, 1.807) is 0 Å². The molecule has 3 nitrogen and oxygen atoms in total. The van der Waals surface area contributed by atoms with Crippen LogP contribution in [0.4, 0.5) is 0 Å². The Morgan fingerprint density at radius 3 is 2.41 bits per heavy atom. The van der Waals surface area contributed by atoms with Crippen molar-refractivity contribution in [1.82, 2.24) is 9.97 Å². The summed E-state index contributed by atoms with van der Waals surface area (Å²) in [7, 11) is 0. The van der Waals surface area contributed by atoms with Crippen LogP contribution in [0.1, 0.15) is 24.0 Å². The summed E-state index contributed by atoms with van der Waals surface area (Å²) in [5.41, 5.74) is 9.97. The fraction of sp³-hybridized carbons (Fsp3) is 0.286. The van der Waals surface area contributed by atoms with Crippen molar-refractivity contribution >= 4 is 0 Å². The Kier molecular flexibility index (Phi) is 3.49. The number of hydrogen-bond acceptors (Lipinski definition) is 3. The molecule has 0 spiro atoms. The summed E-state index contributed by atoms with van der Waals surface area (Å²) >= 11 is 0. The zero-order valence-corrected chi connectivity index (χ0v) is 10.3. The summed E-state index contributed by atoms with van der Waals surface area (Å²) in [6, 6.07) is 8.23. The van der Waals surface area contributed by atoms with Crippen LogP contribution in [-0.4, -0.2) is 9.97 Å². The molecule has 1 aromatic carbocycles. The van der Waals surface area contributed by atoms with E-state index in [1.165, 1.54) is 0 Å². The third kappa shape index (κ3) is 2.50. The number of nitrogens with zero attached hydrogens (tertiary/aromatic N) is 2. The third-order valence-electron chi connectivity index (χ3n) is 2.85. The highest BCUT2D eigenvalue weighted by Gasteiger charge is 2.04. The zero-order chi connectivity index (χ0) is 12.3. The van der Waals surface area contributed by atoms with Gasteiger partial charge in [-0.15, -0.1) is 0 Å². The molecule has 2 aromatic rings. The fourth-order valence-electron chi connectivity index (χ4n) is 1.79. The molecule has 2 rings (SSSR count). The number of nitrogens with two attached hydrogens (primary N) is 1. The topological polar surface area (TPSA) is 51.8 Å². The lowest BCUT2D eigenvalue weighted by Gasteiger charge is -2.07. The molecule has 0 amide bonds. The number of aryl methyl sites for hydroxylation is 2. The van der Waals surface area contributed by atoms with Crippen molar-refractivity contribution in [3.8, 4) is 11.1 Å². The fourth-order valence-corrected chi connectivity index (χ4v) is 1.79. The second-order valence-corrected chi connectivity index (χ2v) is 4.04. The first-order valence-corrected chi connectivity index (χ1v) is 5.86. The summed E-state index contributed by atoms with van der Waals surface area (Å²) in [4.78, 5) is 8.82. The molecular formula is C14H17N3. The van der Waals surface area contributed by atoms with Crippen LogP contribution in [0.2, 0.25) is 0 Å². The first kappa shape index (κ1) is 11.7. The highest BCUT2D eigenvalue weighted by Crippen LogP contribution is 2.21. The van der Waals surface area contributed by atoms with Gasteiger partial charge >= 0.3 is 0 Å². The molecule has 1 heterocycles. The minimum Gasteiger partial charge on any atom is -0.326 e. The van der Waals surface area contributed by atoms with Crippen molar-refractivity contribution < 1.29 is 0 Å². The smallest absolute Gasteiger partial charge is 0.128 e. The van der Waals surface area contributed by atoms with E-state index >= 15 is 0 Å². The Hall–Kier alpha value is -1.74. The molecule has 0 aliphatic rings. The zero-order valence-electron chi connectivity index (χ0n) is 10.3. The maximum absolute atomic E-state index is 5.58. The molecule has 0 unspecified atom stereocenters. The van der Waals surface area contributed by atoms with Gasteiger partial charge in [-0.05, 0) is 18.1 Å². The summed E-state index contributed by atoms with van der Waals surface area (Å²) < 4.78 is 0. The molecule has 0 aliphatic carbocycles. The second-order valence-electron chi connectivity index (χ2n) is 4.04. The van der Waals surface area contributed by atoms with E-state index in [0.29, 0.717) is 6.54 Å². The quantitative estimate of drug-likeness (QED) is 0.876. The van der Waals surface area contributed by atoms with Crippen LogP contribution in [0.25, 0.3) is 11.1 Å². The van der Waals surface area contributed by atoms with Gasteiger partial charge in [-0.3, -0.25) is 0 Å². The molecule has 0 atom stereocenters. The minimum atomic E-state index is 0.574. The molecule has 0 bridgehead atoms. The van der Waals surface area contributed by atoms with Gasteiger partial charge in [-0.2, -0.15) is 0 Å². The van der Waals surface area contributed by atoms with E-state index < -0.39 is 0 Å². The van der Waals surface area contributed by atoms with Crippen molar-refractivity contribution in [2.45, 2.75) is 26.8 Å². The average molecular weight is 227 g/mol. The van der Waals surface area contributed by atoms with E-state index in [0.717, 1.165) is 34.6 Å². The van der Waals surface area contributed by atoms with Gasteiger partial charge in [0.2, 0.25) is 0 Å². The molecule has 0 saturated heterocycles. The standard InChI is InChI=1S/C14H17N3/c1-3-14-16-9-13(10(2)17-14)12-6-4-11(8-15)5-7-12/h4-7,9H,3,8,15H2,1-2H3. The molecule has 0 radical (unpaired) electrons. The molecule has 0 saturated carbocycles. The largest absolute Gasteiger partial charge is 0.326 e. The molecular weight excluding hydrogens is 210 g/mol. The number of hydrogen-bond donors (Lipinski definition) is 1. The van der Waals surface area contributed by atoms with E-state index in [-0.39, 0.29) is 0 Å². The van der Waals surface area contributed by atoms with E-state index in [2.05, 4.69) is 29.0 Å². The Morgan fingerprint density at radius 1 is 1.18 bits per heavy atom. The Morgan fingerprint density at radius 2 is 1.88 bits per heavy atom. The van der Waals surface area contributed by atoms with Gasteiger partial charge in [0, 0.05) is 30.4 Å². The lowest BCUT2D eigenvalue weighted by molar-refractivity contribution is 0.920. The van der Waals surface area contributed by atoms with Crippen molar-refractivity contribution in [2.75, 3.05) is 0 Å². The first-order chi connectivity index (χ1) is 8.24. The van der Waals surface area contributed by atoms with Crippen LogP contribution in [0.3, 0.4) is 0 Å². The number of benzene rings is 1. The van der Waals surface area contributed by atoms with Gasteiger partial charge in [-0.25, -0.2) is 9.97 Å². The van der Waals surface area contributed by atoms with Gasteiger partial charge in [0.15, 0.2) is 0 Å². The minimum absolute atomic E-state index is 0.574. The molecule has 0 fully saturated rings. The van der Waals surface area contributed by atoms with Gasteiger partial charge in [0.1, 0.15) is 5.82 Å². The van der Waals surface area contributed by atoms with Crippen LogP contribution in [0.5, 0.6) is 0 Å². The van der Waals surface area contributed by atoms with Gasteiger partial charge < -0.3 is 5.73 Å².